The Balaban J connectivity index is 2.09. The van der Waals surface area contributed by atoms with Crippen LogP contribution in [0.1, 0.15) is 51.9 Å². The van der Waals surface area contributed by atoms with Gasteiger partial charge in [-0.25, -0.2) is 4.79 Å². The van der Waals surface area contributed by atoms with Crippen LogP contribution in [0.2, 0.25) is 0 Å². The molecule has 1 aliphatic heterocycles. The van der Waals surface area contributed by atoms with E-state index >= 15 is 0 Å². The lowest BCUT2D eigenvalue weighted by atomic mass is 9.90. The molecule has 23 heavy (non-hydrogen) atoms. The van der Waals surface area contributed by atoms with Gasteiger partial charge in [0, 0.05) is 12.7 Å². The van der Waals surface area contributed by atoms with Gasteiger partial charge in [0.2, 0.25) is 0 Å². The van der Waals surface area contributed by atoms with Crippen LogP contribution in [0.15, 0.2) is 24.3 Å². The predicted molar refractivity (Wildman–Crippen MR) is 99.0 cm³/mol. The molecular weight excluding hydrogens is 308 g/mol. The van der Waals surface area contributed by atoms with E-state index in [-0.39, 0.29) is 0 Å². The van der Waals surface area contributed by atoms with Crippen molar-refractivity contribution in [2.24, 2.45) is 11.8 Å². The monoisotopic (exact) mass is 340 g/mol. The molecule has 0 aromatic carbocycles. The fraction of sp³-hybridized carbons (Fsp3) is 0.737. The number of thioether (sulfide) groups is 1. The van der Waals surface area contributed by atoms with Gasteiger partial charge in [-0.15, -0.1) is 0 Å². The zero-order valence-electron chi connectivity index (χ0n) is 14.4. The molecule has 1 rings (SSSR count). The first-order valence-electron chi connectivity index (χ1n) is 8.94. The lowest BCUT2D eigenvalue weighted by Gasteiger charge is -2.15. The van der Waals surface area contributed by atoms with Crippen molar-refractivity contribution >= 4 is 17.7 Å². The highest BCUT2D eigenvalue weighted by atomic mass is 32.2. The van der Waals surface area contributed by atoms with Gasteiger partial charge < -0.3 is 9.84 Å². The molecule has 4 heteroatoms. The number of carboxylic acids is 1. The van der Waals surface area contributed by atoms with E-state index < -0.39 is 5.97 Å². The summed E-state index contributed by atoms with van der Waals surface area (Å²) in [6, 6.07) is 0. The summed E-state index contributed by atoms with van der Waals surface area (Å²) >= 11 is 2.09. The van der Waals surface area contributed by atoms with Gasteiger partial charge in [0.15, 0.2) is 0 Å². The Labute approximate surface area is 145 Å². The number of unbranched alkanes of at least 4 members (excludes halogenated alkanes) is 3. The maximum absolute atomic E-state index is 10.4. The van der Waals surface area contributed by atoms with Crippen LogP contribution in [0, 0.1) is 11.8 Å². The van der Waals surface area contributed by atoms with Crippen molar-refractivity contribution in [3.63, 3.8) is 0 Å². The third-order valence-electron chi connectivity index (χ3n) is 4.24. The van der Waals surface area contributed by atoms with E-state index in [9.17, 15) is 4.79 Å². The zero-order chi connectivity index (χ0) is 16.8. The molecule has 1 fully saturated rings. The molecule has 0 saturated carbocycles. The van der Waals surface area contributed by atoms with Gasteiger partial charge in [-0.2, -0.15) is 11.8 Å². The maximum Gasteiger partial charge on any atom is 0.327 e. The molecule has 0 spiro atoms. The molecule has 0 aliphatic carbocycles. The van der Waals surface area contributed by atoms with Gasteiger partial charge in [0.05, 0.1) is 6.61 Å². The van der Waals surface area contributed by atoms with Gasteiger partial charge >= 0.3 is 5.97 Å². The van der Waals surface area contributed by atoms with Crippen LogP contribution in [0.4, 0.5) is 0 Å². The van der Waals surface area contributed by atoms with Crippen LogP contribution in [-0.4, -0.2) is 35.8 Å². The summed E-state index contributed by atoms with van der Waals surface area (Å²) in [6.07, 6.45) is 15.5. The number of hydrogen-bond donors (Lipinski definition) is 1. The summed E-state index contributed by atoms with van der Waals surface area (Å²) in [5.41, 5.74) is 0. The first kappa shape index (κ1) is 20.3. The molecule has 0 bridgehead atoms. The van der Waals surface area contributed by atoms with Gasteiger partial charge in [0.25, 0.3) is 0 Å². The second-order valence-corrected chi connectivity index (χ2v) is 7.43. The second-order valence-electron chi connectivity index (χ2n) is 6.20. The average molecular weight is 341 g/mol. The fourth-order valence-corrected chi connectivity index (χ4v) is 3.89. The van der Waals surface area contributed by atoms with Crippen molar-refractivity contribution in [2.45, 2.75) is 51.9 Å². The molecule has 0 radical (unpaired) electrons. The Hall–Kier alpha value is -0.740. The normalized spacial score (nSPS) is 21.6. The van der Waals surface area contributed by atoms with Crippen molar-refractivity contribution in [3.05, 3.63) is 24.3 Å². The molecule has 0 aromatic heterocycles. The summed E-state index contributed by atoms with van der Waals surface area (Å²) in [7, 11) is 0. The summed E-state index contributed by atoms with van der Waals surface area (Å²) in [5, 5.41) is 8.51. The van der Waals surface area contributed by atoms with Crippen LogP contribution in [0.25, 0.3) is 0 Å². The van der Waals surface area contributed by atoms with E-state index in [2.05, 4.69) is 30.8 Å². The number of ether oxygens (including phenoxy) is 1. The minimum atomic E-state index is -0.880. The lowest BCUT2D eigenvalue weighted by Crippen LogP contribution is -2.12. The summed E-state index contributed by atoms with van der Waals surface area (Å²) in [4.78, 5) is 10.4. The number of hydrogen-bond acceptors (Lipinski definition) is 3. The number of rotatable bonds is 13. The van der Waals surface area contributed by atoms with Crippen LogP contribution in [0.5, 0.6) is 0 Å². The maximum atomic E-state index is 10.4. The van der Waals surface area contributed by atoms with E-state index in [1.165, 1.54) is 49.7 Å². The molecule has 0 aromatic rings. The summed E-state index contributed by atoms with van der Waals surface area (Å²) < 4.78 is 5.65. The molecule has 2 atom stereocenters. The Morgan fingerprint density at radius 2 is 1.96 bits per heavy atom. The first-order chi connectivity index (χ1) is 11.2. The Kier molecular flexibility index (Phi) is 12.1. The van der Waals surface area contributed by atoms with E-state index in [1.54, 1.807) is 6.08 Å². The minimum absolute atomic E-state index is 0.635. The molecule has 1 aliphatic rings. The van der Waals surface area contributed by atoms with E-state index in [4.69, 9.17) is 9.84 Å². The van der Waals surface area contributed by atoms with E-state index in [0.29, 0.717) is 18.3 Å². The van der Waals surface area contributed by atoms with Crippen LogP contribution < -0.4 is 0 Å². The van der Waals surface area contributed by atoms with Gasteiger partial charge in [0.1, 0.15) is 0 Å². The largest absolute Gasteiger partial charge is 0.478 e. The van der Waals surface area contributed by atoms with Crippen molar-refractivity contribution in [2.75, 3.05) is 24.7 Å². The van der Waals surface area contributed by atoms with Crippen LogP contribution in [0.3, 0.4) is 0 Å². The molecule has 1 N–H and O–H groups in total. The zero-order valence-corrected chi connectivity index (χ0v) is 15.2. The molecule has 0 unspecified atom stereocenters. The number of carboxylic acid groups (broad SMARTS) is 1. The molecule has 132 valence electrons. The van der Waals surface area contributed by atoms with Crippen LogP contribution in [-0.2, 0) is 9.53 Å². The fourth-order valence-electron chi connectivity index (χ4n) is 2.80. The SMILES string of the molecule is CCCCCCSCC[C@@H]1COC[C@@H]1CC=CCC=CC(=O)O. The molecule has 0 amide bonds. The smallest absolute Gasteiger partial charge is 0.327 e. The lowest BCUT2D eigenvalue weighted by molar-refractivity contribution is -0.131. The quantitative estimate of drug-likeness (QED) is 0.293. The van der Waals surface area contributed by atoms with E-state index in [1.807, 2.05) is 0 Å². The summed E-state index contributed by atoms with van der Waals surface area (Å²) in [6.45, 7) is 4.04. The van der Waals surface area contributed by atoms with Crippen molar-refractivity contribution in [1.82, 2.24) is 0 Å². The molecule has 1 saturated heterocycles. The van der Waals surface area contributed by atoms with E-state index in [0.717, 1.165) is 19.6 Å². The highest BCUT2D eigenvalue weighted by Gasteiger charge is 2.26. The van der Waals surface area contributed by atoms with Crippen molar-refractivity contribution in [1.29, 1.82) is 0 Å². The van der Waals surface area contributed by atoms with Gasteiger partial charge in [-0.3, -0.25) is 0 Å². The van der Waals surface area contributed by atoms with Crippen molar-refractivity contribution in [3.8, 4) is 0 Å². The van der Waals surface area contributed by atoms with Crippen molar-refractivity contribution < 1.29 is 14.6 Å². The second kappa shape index (κ2) is 13.7. The summed E-state index contributed by atoms with van der Waals surface area (Å²) in [5.74, 6) is 3.00. The van der Waals surface area contributed by atoms with Gasteiger partial charge in [-0.1, -0.05) is 44.4 Å². The number of allylic oxidation sites excluding steroid dienone is 3. The molecule has 3 nitrogen and oxygen atoms in total. The Morgan fingerprint density at radius 3 is 2.74 bits per heavy atom. The predicted octanol–water partition coefficient (Wildman–Crippen LogP) is 4.93. The topological polar surface area (TPSA) is 46.5 Å². The highest BCUT2D eigenvalue weighted by Crippen LogP contribution is 2.28. The highest BCUT2D eigenvalue weighted by molar-refractivity contribution is 7.99. The third-order valence-corrected chi connectivity index (χ3v) is 5.35. The molecular formula is C19H32O3S. The molecule has 1 heterocycles. The number of carbonyl (C=O) groups is 1. The Morgan fingerprint density at radius 1 is 1.13 bits per heavy atom. The first-order valence-corrected chi connectivity index (χ1v) is 10.1. The third kappa shape index (κ3) is 10.6. The Bertz CT molecular complexity index is 366. The minimum Gasteiger partial charge on any atom is -0.478 e. The van der Waals surface area contributed by atoms with Crippen LogP contribution >= 0.6 is 11.8 Å². The standard InChI is InChI=1S/C19H32O3S/c1-2-3-4-9-13-23-14-12-18-16-22-15-17(18)10-7-5-6-8-11-19(20)21/h5,7-8,11,17-18H,2-4,6,9-10,12-16H2,1H3,(H,20,21)/t17-,18+/m0/s1. The average Bonchev–Trinajstić information content (AvgIpc) is 2.97. The number of aliphatic carboxylic acids is 1. The van der Waals surface area contributed by atoms with Gasteiger partial charge in [-0.05, 0) is 49.0 Å².